The molecule has 1 fully saturated rings. The van der Waals surface area contributed by atoms with Gasteiger partial charge in [-0.05, 0) is 0 Å². The topological polar surface area (TPSA) is 60.8 Å². The van der Waals surface area contributed by atoms with Crippen LogP contribution < -0.4 is 0 Å². The average molecular weight is 163 g/mol. The lowest BCUT2D eigenvalue weighted by Gasteiger charge is -2.17. The van der Waals surface area contributed by atoms with Gasteiger partial charge in [-0.15, -0.1) is 0 Å². The molecule has 0 radical (unpaired) electrons. The molecular weight excluding hydrogens is 153 g/mol. The molecule has 1 aliphatic heterocycles. The predicted octanol–water partition coefficient (Wildman–Crippen LogP) is 0.0691. The minimum absolute atomic E-state index is 0.111. The molecule has 0 aromatic carbocycles. The molecule has 4 nitrogen and oxygen atoms in total. The molecule has 0 saturated carbocycles. The largest absolute Gasteiger partial charge is 0.465 e. The van der Waals surface area contributed by atoms with E-state index in [0.29, 0.717) is 0 Å². The molecule has 5 heteroatoms. The van der Waals surface area contributed by atoms with Crippen molar-refractivity contribution in [1.82, 2.24) is 4.90 Å². The van der Waals surface area contributed by atoms with E-state index in [2.05, 4.69) is 0 Å². The summed E-state index contributed by atoms with van der Waals surface area (Å²) in [5.41, 5.74) is 0. The third-order valence-electron chi connectivity index (χ3n) is 1.82. The van der Waals surface area contributed by atoms with Crippen molar-refractivity contribution in [3.63, 3.8) is 0 Å². The highest BCUT2D eigenvalue weighted by molar-refractivity contribution is 5.66. The SMILES string of the molecule is O=C(O)N1C[C@@H](F)C[C@@H]1CO. The number of rotatable bonds is 1. The Morgan fingerprint density at radius 1 is 1.73 bits per heavy atom. The Balaban J connectivity index is 2.57. The van der Waals surface area contributed by atoms with E-state index in [-0.39, 0.29) is 19.6 Å². The second kappa shape index (κ2) is 3.04. The minimum atomic E-state index is -1.16. The number of hydrogen-bond donors (Lipinski definition) is 2. The Morgan fingerprint density at radius 3 is 2.73 bits per heavy atom. The number of alkyl halides is 1. The number of aliphatic hydroxyl groups excluding tert-OH is 1. The predicted molar refractivity (Wildman–Crippen MR) is 35.1 cm³/mol. The smallest absolute Gasteiger partial charge is 0.407 e. The van der Waals surface area contributed by atoms with Crippen LogP contribution in [0.1, 0.15) is 6.42 Å². The molecule has 11 heavy (non-hydrogen) atoms. The summed E-state index contributed by atoms with van der Waals surface area (Å²) in [6.07, 6.45) is -2.17. The first-order valence-electron chi connectivity index (χ1n) is 3.39. The van der Waals surface area contributed by atoms with E-state index < -0.39 is 18.3 Å². The van der Waals surface area contributed by atoms with Gasteiger partial charge in [0.15, 0.2) is 0 Å². The lowest BCUT2D eigenvalue weighted by atomic mass is 10.2. The highest BCUT2D eigenvalue weighted by atomic mass is 19.1. The fraction of sp³-hybridized carbons (Fsp3) is 0.833. The van der Waals surface area contributed by atoms with Crippen molar-refractivity contribution >= 4 is 6.09 Å². The Bertz CT molecular complexity index is 164. The van der Waals surface area contributed by atoms with Gasteiger partial charge in [0.2, 0.25) is 0 Å². The van der Waals surface area contributed by atoms with Gasteiger partial charge >= 0.3 is 6.09 Å². The zero-order chi connectivity index (χ0) is 8.43. The van der Waals surface area contributed by atoms with Crippen LogP contribution in [-0.2, 0) is 0 Å². The van der Waals surface area contributed by atoms with E-state index in [0.717, 1.165) is 4.90 Å². The molecule has 1 saturated heterocycles. The molecule has 1 aliphatic rings. The lowest BCUT2D eigenvalue weighted by Crippen LogP contribution is -2.36. The molecule has 0 aliphatic carbocycles. The lowest BCUT2D eigenvalue weighted by molar-refractivity contribution is 0.117. The number of nitrogens with zero attached hydrogens (tertiary/aromatic N) is 1. The number of hydrogen-bond acceptors (Lipinski definition) is 2. The standard InChI is InChI=1S/C6H10FNO3/c7-4-1-5(3-9)8(2-4)6(10)11/h4-5,9H,1-3H2,(H,10,11)/t4-,5+/m0/s1. The van der Waals surface area contributed by atoms with Crippen molar-refractivity contribution in [2.24, 2.45) is 0 Å². The number of carbonyl (C=O) groups is 1. The van der Waals surface area contributed by atoms with Gasteiger partial charge in [0.1, 0.15) is 6.17 Å². The quantitative estimate of drug-likeness (QED) is 0.575. The maximum atomic E-state index is 12.6. The molecule has 0 aromatic rings. The van der Waals surface area contributed by atoms with Crippen molar-refractivity contribution < 1.29 is 19.4 Å². The molecule has 0 spiro atoms. The maximum Gasteiger partial charge on any atom is 0.407 e. The van der Waals surface area contributed by atoms with Crippen LogP contribution >= 0.6 is 0 Å². The van der Waals surface area contributed by atoms with E-state index in [9.17, 15) is 9.18 Å². The number of carboxylic acid groups (broad SMARTS) is 1. The van der Waals surface area contributed by atoms with E-state index >= 15 is 0 Å². The van der Waals surface area contributed by atoms with Crippen molar-refractivity contribution in [1.29, 1.82) is 0 Å². The highest BCUT2D eigenvalue weighted by Crippen LogP contribution is 2.19. The number of likely N-dealkylation sites (tertiary alicyclic amines) is 1. The van der Waals surface area contributed by atoms with Crippen LogP contribution in [0.3, 0.4) is 0 Å². The summed E-state index contributed by atoms with van der Waals surface area (Å²) in [7, 11) is 0. The summed E-state index contributed by atoms with van der Waals surface area (Å²) in [5, 5.41) is 17.1. The monoisotopic (exact) mass is 163 g/mol. The van der Waals surface area contributed by atoms with E-state index in [1.165, 1.54) is 0 Å². The average Bonchev–Trinajstić information content (AvgIpc) is 2.30. The van der Waals surface area contributed by atoms with Gasteiger partial charge in [-0.3, -0.25) is 0 Å². The zero-order valence-electron chi connectivity index (χ0n) is 5.90. The minimum Gasteiger partial charge on any atom is -0.465 e. The van der Waals surface area contributed by atoms with Crippen molar-refractivity contribution in [2.75, 3.05) is 13.2 Å². The third-order valence-corrected chi connectivity index (χ3v) is 1.82. The number of aliphatic hydroxyl groups is 1. The molecule has 64 valence electrons. The van der Waals surface area contributed by atoms with Gasteiger partial charge in [-0.1, -0.05) is 0 Å². The van der Waals surface area contributed by atoms with Crippen LogP contribution in [0.4, 0.5) is 9.18 Å². The van der Waals surface area contributed by atoms with Crippen LogP contribution in [-0.4, -0.2) is 46.6 Å². The summed E-state index contributed by atoms with van der Waals surface area (Å²) in [5.74, 6) is 0. The van der Waals surface area contributed by atoms with E-state index in [1.54, 1.807) is 0 Å². The molecule has 2 atom stereocenters. The Morgan fingerprint density at radius 2 is 2.36 bits per heavy atom. The fourth-order valence-electron chi connectivity index (χ4n) is 1.27. The van der Waals surface area contributed by atoms with Gasteiger partial charge in [0, 0.05) is 6.42 Å². The molecule has 0 unspecified atom stereocenters. The summed E-state index contributed by atoms with van der Waals surface area (Å²) in [6, 6.07) is -0.553. The first-order valence-corrected chi connectivity index (χ1v) is 3.39. The van der Waals surface area contributed by atoms with E-state index in [4.69, 9.17) is 10.2 Å². The maximum absolute atomic E-state index is 12.6. The Hall–Kier alpha value is -0.840. The normalized spacial score (nSPS) is 30.9. The van der Waals surface area contributed by atoms with Gasteiger partial charge in [0.25, 0.3) is 0 Å². The first kappa shape index (κ1) is 8.26. The fourth-order valence-corrected chi connectivity index (χ4v) is 1.27. The summed E-state index contributed by atoms with van der Waals surface area (Å²) < 4.78 is 12.6. The molecule has 2 N–H and O–H groups in total. The number of halogens is 1. The third kappa shape index (κ3) is 1.59. The summed E-state index contributed by atoms with van der Waals surface area (Å²) in [4.78, 5) is 11.3. The molecule has 0 bridgehead atoms. The van der Waals surface area contributed by atoms with Gasteiger partial charge < -0.3 is 15.1 Å². The molecule has 1 heterocycles. The van der Waals surface area contributed by atoms with Crippen molar-refractivity contribution in [3.8, 4) is 0 Å². The van der Waals surface area contributed by atoms with Crippen LogP contribution in [0.25, 0.3) is 0 Å². The van der Waals surface area contributed by atoms with Crippen LogP contribution in [0.5, 0.6) is 0 Å². The second-order valence-corrected chi connectivity index (χ2v) is 2.60. The van der Waals surface area contributed by atoms with Crippen molar-refractivity contribution in [2.45, 2.75) is 18.6 Å². The molecule has 0 aromatic heterocycles. The molecule has 1 amide bonds. The second-order valence-electron chi connectivity index (χ2n) is 2.60. The van der Waals surface area contributed by atoms with E-state index in [1.807, 2.05) is 0 Å². The van der Waals surface area contributed by atoms with Gasteiger partial charge in [-0.2, -0.15) is 0 Å². The zero-order valence-corrected chi connectivity index (χ0v) is 5.90. The Kier molecular flexibility index (Phi) is 2.28. The van der Waals surface area contributed by atoms with Crippen LogP contribution in [0.15, 0.2) is 0 Å². The Labute approximate surface area is 63.2 Å². The van der Waals surface area contributed by atoms with Crippen LogP contribution in [0, 0.1) is 0 Å². The number of amides is 1. The first-order chi connectivity index (χ1) is 5.15. The summed E-state index contributed by atoms with van der Waals surface area (Å²) >= 11 is 0. The molecule has 1 rings (SSSR count). The van der Waals surface area contributed by atoms with Crippen molar-refractivity contribution in [3.05, 3.63) is 0 Å². The molecular formula is C6H10FNO3. The summed E-state index contributed by atoms with van der Waals surface area (Å²) in [6.45, 7) is -0.409. The highest BCUT2D eigenvalue weighted by Gasteiger charge is 2.34. The van der Waals surface area contributed by atoms with Gasteiger partial charge in [-0.25, -0.2) is 9.18 Å². The van der Waals surface area contributed by atoms with Gasteiger partial charge in [0.05, 0.1) is 19.2 Å². The van der Waals surface area contributed by atoms with Crippen LogP contribution in [0.2, 0.25) is 0 Å².